The van der Waals surface area contributed by atoms with Gasteiger partial charge in [0.05, 0.1) is 5.75 Å². The van der Waals surface area contributed by atoms with E-state index in [0.29, 0.717) is 16.9 Å². The summed E-state index contributed by atoms with van der Waals surface area (Å²) < 4.78 is 0.796. The van der Waals surface area contributed by atoms with Crippen molar-refractivity contribution in [3.8, 4) is 0 Å². The number of aryl methyl sites for hydroxylation is 1. The first kappa shape index (κ1) is 15.5. The lowest BCUT2D eigenvalue weighted by Crippen LogP contribution is -2.31. The predicted octanol–water partition coefficient (Wildman–Crippen LogP) is 2.50. The highest BCUT2D eigenvalue weighted by molar-refractivity contribution is 7.99. The molecule has 24 heavy (non-hydrogen) atoms. The minimum Gasteiger partial charge on any atom is -0.618 e. The van der Waals surface area contributed by atoms with Crippen LogP contribution in [-0.4, -0.2) is 18.2 Å². The highest BCUT2D eigenvalue weighted by atomic mass is 32.2. The first-order valence-corrected chi connectivity index (χ1v) is 9.38. The minimum atomic E-state index is 0.000727. The summed E-state index contributed by atoms with van der Waals surface area (Å²) in [5, 5.41) is 15.2. The fourth-order valence-corrected chi connectivity index (χ4v) is 4.68. The van der Waals surface area contributed by atoms with Gasteiger partial charge in [0.25, 0.3) is 5.03 Å². The Hall–Kier alpha value is -2.01. The van der Waals surface area contributed by atoms with Gasteiger partial charge < -0.3 is 10.5 Å². The fourth-order valence-electron chi connectivity index (χ4n) is 3.93. The second-order valence-electron chi connectivity index (χ2n) is 6.55. The molecular weight excluding hydrogens is 320 g/mol. The van der Waals surface area contributed by atoms with Gasteiger partial charge in [-0.15, -0.1) is 0 Å². The van der Waals surface area contributed by atoms with Gasteiger partial charge in [-0.25, -0.2) is 0 Å². The van der Waals surface area contributed by atoms with Gasteiger partial charge in [-0.1, -0.05) is 24.3 Å². The van der Waals surface area contributed by atoms with Gasteiger partial charge in [-0.3, -0.25) is 4.79 Å². The van der Waals surface area contributed by atoms with Crippen LogP contribution in [0.3, 0.4) is 0 Å². The van der Waals surface area contributed by atoms with Crippen molar-refractivity contribution in [1.82, 2.24) is 5.32 Å². The van der Waals surface area contributed by atoms with Gasteiger partial charge in [0.1, 0.15) is 0 Å². The molecule has 2 aliphatic carbocycles. The minimum absolute atomic E-state index is 0.000727. The molecule has 5 heteroatoms. The van der Waals surface area contributed by atoms with Crippen LogP contribution in [0, 0.1) is 17.0 Å². The number of pyridine rings is 1. The second kappa shape index (κ2) is 6.48. The van der Waals surface area contributed by atoms with Gasteiger partial charge in [-0.2, -0.15) is 4.73 Å². The zero-order valence-corrected chi connectivity index (χ0v) is 14.2. The molecule has 4 nitrogen and oxygen atoms in total. The van der Waals surface area contributed by atoms with E-state index >= 15 is 0 Å². The van der Waals surface area contributed by atoms with E-state index in [0.717, 1.165) is 23.6 Å². The Balaban J connectivity index is 1.28. The number of carbonyl (C=O) groups excluding carboxylic acids is 1. The summed E-state index contributed by atoms with van der Waals surface area (Å²) in [5.74, 6) is 2.21. The van der Waals surface area contributed by atoms with Crippen molar-refractivity contribution in [2.24, 2.45) is 11.8 Å². The third-order valence-corrected chi connectivity index (χ3v) is 6.19. The third-order valence-electron chi connectivity index (χ3n) is 5.17. The first-order chi connectivity index (χ1) is 11.7. The summed E-state index contributed by atoms with van der Waals surface area (Å²) in [4.78, 5) is 12.1. The average molecular weight is 340 g/mol. The van der Waals surface area contributed by atoms with Gasteiger partial charge in [0, 0.05) is 18.7 Å². The van der Waals surface area contributed by atoms with Crippen LogP contribution in [-0.2, 0) is 11.2 Å². The number of hydrogen-bond acceptors (Lipinski definition) is 3. The Labute approximate surface area is 145 Å². The Bertz CT molecular complexity index is 765. The van der Waals surface area contributed by atoms with E-state index in [2.05, 4.69) is 29.6 Å². The summed E-state index contributed by atoms with van der Waals surface area (Å²) in [6.45, 7) is 0.745. The Morgan fingerprint density at radius 1 is 1.25 bits per heavy atom. The van der Waals surface area contributed by atoms with E-state index in [9.17, 15) is 10.0 Å². The Kier molecular flexibility index (Phi) is 4.19. The van der Waals surface area contributed by atoms with Crippen molar-refractivity contribution in [2.45, 2.75) is 23.8 Å². The number of amides is 1. The number of hydrogen-bond donors (Lipinski definition) is 1. The smallest absolute Gasteiger partial charge is 0.251 e. The molecule has 3 atom stereocenters. The molecule has 2 aromatic rings. The van der Waals surface area contributed by atoms with Crippen LogP contribution in [0.25, 0.3) is 0 Å². The van der Waals surface area contributed by atoms with Crippen molar-refractivity contribution < 1.29 is 9.52 Å². The summed E-state index contributed by atoms with van der Waals surface area (Å²) >= 11 is 1.28. The number of nitrogens with zero attached hydrogens (tertiary/aromatic N) is 1. The van der Waals surface area contributed by atoms with Crippen LogP contribution in [0.1, 0.15) is 23.5 Å². The van der Waals surface area contributed by atoms with Crippen molar-refractivity contribution in [3.63, 3.8) is 0 Å². The number of thioether (sulfide) groups is 1. The van der Waals surface area contributed by atoms with Gasteiger partial charge in [-0.05, 0) is 59.6 Å². The normalized spacial score (nSPS) is 23.9. The highest BCUT2D eigenvalue weighted by Gasteiger charge is 2.52. The highest BCUT2D eigenvalue weighted by Crippen LogP contribution is 2.59. The topological polar surface area (TPSA) is 56.0 Å². The Morgan fingerprint density at radius 2 is 2.08 bits per heavy atom. The van der Waals surface area contributed by atoms with Crippen molar-refractivity contribution >= 4 is 17.7 Å². The molecule has 1 aromatic carbocycles. The predicted molar refractivity (Wildman–Crippen MR) is 93.6 cm³/mol. The molecule has 0 bridgehead atoms. The fraction of sp³-hybridized carbons (Fsp3) is 0.368. The molecule has 0 saturated heterocycles. The molecular formula is C19H20N2O2S. The quantitative estimate of drug-likeness (QED) is 0.517. The summed E-state index contributed by atoms with van der Waals surface area (Å²) in [6.07, 6.45) is 3.85. The number of aromatic nitrogens is 1. The van der Waals surface area contributed by atoms with Crippen LogP contribution < -0.4 is 10.0 Å². The molecule has 124 valence electrons. The van der Waals surface area contributed by atoms with Crippen molar-refractivity contribution in [1.29, 1.82) is 0 Å². The van der Waals surface area contributed by atoms with E-state index in [4.69, 9.17) is 0 Å². The molecule has 1 aromatic heterocycles. The Morgan fingerprint density at radius 3 is 2.96 bits per heavy atom. The van der Waals surface area contributed by atoms with Gasteiger partial charge in [0.2, 0.25) is 5.91 Å². The van der Waals surface area contributed by atoms with Crippen molar-refractivity contribution in [3.05, 3.63) is 65.0 Å². The molecule has 0 aliphatic heterocycles. The molecule has 1 fully saturated rings. The van der Waals surface area contributed by atoms with Gasteiger partial charge in [0.15, 0.2) is 6.20 Å². The van der Waals surface area contributed by atoms with Gasteiger partial charge >= 0.3 is 0 Å². The lowest BCUT2D eigenvalue weighted by atomic mass is 9.92. The van der Waals surface area contributed by atoms with Crippen LogP contribution in [0.4, 0.5) is 0 Å². The molecule has 0 radical (unpaired) electrons. The molecule has 4 rings (SSSR count). The largest absolute Gasteiger partial charge is 0.618 e. The second-order valence-corrected chi connectivity index (χ2v) is 7.54. The molecule has 2 aliphatic rings. The summed E-state index contributed by atoms with van der Waals surface area (Å²) in [7, 11) is 0. The van der Waals surface area contributed by atoms with E-state index in [-0.39, 0.29) is 11.7 Å². The van der Waals surface area contributed by atoms with Crippen LogP contribution in [0.15, 0.2) is 53.7 Å². The molecule has 1 N–H and O–H groups in total. The number of rotatable bonds is 5. The zero-order valence-electron chi connectivity index (χ0n) is 13.4. The maximum absolute atomic E-state index is 12.1. The third kappa shape index (κ3) is 3.00. The molecule has 0 unspecified atom stereocenters. The SMILES string of the molecule is O=C(CSc1cccc[n+]1[O-])NC[C@@H]1[C@@H]2CCc3ccccc3[C@H]12. The van der Waals surface area contributed by atoms with E-state index < -0.39 is 0 Å². The first-order valence-electron chi connectivity index (χ1n) is 8.39. The van der Waals surface area contributed by atoms with Crippen LogP contribution >= 0.6 is 11.8 Å². The molecule has 1 heterocycles. The lowest BCUT2D eigenvalue weighted by Gasteiger charge is -2.13. The van der Waals surface area contributed by atoms with Crippen LogP contribution in [0.5, 0.6) is 0 Å². The molecule has 1 amide bonds. The summed E-state index contributed by atoms with van der Waals surface area (Å²) in [6, 6.07) is 13.9. The number of nitrogens with one attached hydrogen (secondary N) is 1. The maximum Gasteiger partial charge on any atom is 0.251 e. The maximum atomic E-state index is 12.1. The summed E-state index contributed by atoms with van der Waals surface area (Å²) in [5.41, 5.74) is 2.96. The standard InChI is InChI=1S/C19H20N2O2S/c22-17(12-24-18-7-3-4-10-21(18)23)20-11-16-15-9-8-13-5-1-2-6-14(13)19(15)16/h1-7,10,15-16,19H,8-9,11-12H2,(H,20,22)/t15-,16+,19-/m0/s1. The zero-order chi connectivity index (χ0) is 16.5. The van der Waals surface area contributed by atoms with Crippen LogP contribution in [0.2, 0.25) is 0 Å². The number of benzene rings is 1. The lowest BCUT2D eigenvalue weighted by molar-refractivity contribution is -0.645. The van der Waals surface area contributed by atoms with E-state index in [1.54, 1.807) is 18.2 Å². The molecule has 1 saturated carbocycles. The van der Waals surface area contributed by atoms with E-state index in [1.807, 2.05) is 0 Å². The molecule has 0 spiro atoms. The number of fused-ring (bicyclic) bond motifs is 3. The van der Waals surface area contributed by atoms with Crippen molar-refractivity contribution in [2.75, 3.05) is 12.3 Å². The average Bonchev–Trinajstić information content (AvgIpc) is 3.33. The monoisotopic (exact) mass is 340 g/mol. The number of carbonyl (C=O) groups is 1. The van der Waals surface area contributed by atoms with E-state index in [1.165, 1.54) is 35.5 Å².